The van der Waals surface area contributed by atoms with Gasteiger partial charge in [0.15, 0.2) is 5.69 Å². The average molecular weight is 488 g/mol. The van der Waals surface area contributed by atoms with Gasteiger partial charge in [-0.2, -0.15) is 0 Å². The number of likely N-dealkylation sites (tertiary alicyclic amines) is 1. The molecule has 2 aliphatic heterocycles. The van der Waals surface area contributed by atoms with Crippen molar-refractivity contribution in [1.29, 1.82) is 0 Å². The third-order valence-electron chi connectivity index (χ3n) is 7.24. The molecule has 0 saturated carbocycles. The number of rotatable bonds is 6. The maximum atomic E-state index is 13.2. The summed E-state index contributed by atoms with van der Waals surface area (Å²) in [7, 11) is 0. The van der Waals surface area contributed by atoms with Gasteiger partial charge in [-0.1, -0.05) is 64.9 Å². The molecule has 36 heavy (non-hydrogen) atoms. The number of benzene rings is 2. The highest BCUT2D eigenvalue weighted by atomic mass is 16.5. The van der Waals surface area contributed by atoms with Gasteiger partial charge in [-0.05, 0) is 44.2 Å². The number of hydrogen-bond acceptors (Lipinski definition) is 5. The number of carbonyl (C=O) groups excluding carboxylic acids is 2. The molecule has 1 saturated heterocycles. The maximum absolute atomic E-state index is 13.2. The van der Waals surface area contributed by atoms with E-state index in [0.29, 0.717) is 51.3 Å². The Morgan fingerprint density at radius 1 is 1.00 bits per heavy atom. The number of amides is 2. The van der Waals surface area contributed by atoms with Crippen molar-refractivity contribution < 1.29 is 14.3 Å². The lowest BCUT2D eigenvalue weighted by molar-refractivity contribution is -0.126. The number of aryl methyl sites for hydroxylation is 2. The van der Waals surface area contributed by atoms with Crippen molar-refractivity contribution in [2.75, 3.05) is 19.6 Å². The molecule has 1 aromatic heterocycles. The van der Waals surface area contributed by atoms with Crippen LogP contribution < -0.4 is 5.32 Å². The van der Waals surface area contributed by atoms with Crippen LogP contribution in [-0.2, 0) is 29.1 Å². The van der Waals surface area contributed by atoms with Gasteiger partial charge in [0.2, 0.25) is 5.91 Å². The van der Waals surface area contributed by atoms with Crippen molar-refractivity contribution in [2.45, 2.75) is 52.4 Å². The van der Waals surface area contributed by atoms with E-state index in [1.165, 1.54) is 16.7 Å². The van der Waals surface area contributed by atoms with Gasteiger partial charge >= 0.3 is 0 Å². The van der Waals surface area contributed by atoms with Crippen LogP contribution in [0.3, 0.4) is 0 Å². The van der Waals surface area contributed by atoms with Gasteiger partial charge in [0, 0.05) is 25.6 Å². The van der Waals surface area contributed by atoms with E-state index >= 15 is 0 Å². The molecule has 0 bridgehead atoms. The molecule has 1 fully saturated rings. The van der Waals surface area contributed by atoms with Crippen LogP contribution in [-0.4, -0.2) is 51.3 Å². The quantitative estimate of drug-likeness (QED) is 0.576. The van der Waals surface area contributed by atoms with Crippen molar-refractivity contribution in [3.05, 3.63) is 82.2 Å². The minimum absolute atomic E-state index is 0.0697. The summed E-state index contributed by atoms with van der Waals surface area (Å²) < 4.78 is 7.85. The van der Waals surface area contributed by atoms with Crippen LogP contribution in [0.15, 0.2) is 48.5 Å². The van der Waals surface area contributed by atoms with E-state index in [4.69, 9.17) is 4.74 Å². The van der Waals surface area contributed by atoms with Crippen LogP contribution in [0.5, 0.6) is 0 Å². The molecular formula is C28H33N5O3. The number of hydrogen-bond donors (Lipinski definition) is 1. The van der Waals surface area contributed by atoms with Crippen molar-refractivity contribution in [3.63, 3.8) is 0 Å². The topological polar surface area (TPSA) is 89.4 Å². The molecule has 0 aliphatic carbocycles. The molecule has 0 radical (unpaired) electrons. The van der Waals surface area contributed by atoms with Crippen molar-refractivity contribution in [3.8, 4) is 0 Å². The predicted molar refractivity (Wildman–Crippen MR) is 135 cm³/mol. The third-order valence-corrected chi connectivity index (χ3v) is 7.24. The minimum atomic E-state index is -0.133. The molecule has 188 valence electrons. The molecule has 5 rings (SSSR count). The second-order valence-electron chi connectivity index (χ2n) is 9.87. The van der Waals surface area contributed by atoms with E-state index in [-0.39, 0.29) is 23.8 Å². The van der Waals surface area contributed by atoms with Gasteiger partial charge in [-0.15, -0.1) is 5.10 Å². The van der Waals surface area contributed by atoms with E-state index in [0.717, 1.165) is 17.7 Å². The molecule has 2 aliphatic rings. The Kier molecular flexibility index (Phi) is 7.13. The molecule has 3 heterocycles. The normalized spacial score (nSPS) is 18.1. The number of fused-ring (bicyclic) bond motifs is 1. The number of ether oxygens (including phenoxy) is 1. The zero-order valence-electron chi connectivity index (χ0n) is 20.9. The van der Waals surface area contributed by atoms with Gasteiger partial charge in [0.05, 0.1) is 18.8 Å². The highest BCUT2D eigenvalue weighted by Gasteiger charge is 2.33. The summed E-state index contributed by atoms with van der Waals surface area (Å²) in [4.78, 5) is 27.6. The van der Waals surface area contributed by atoms with Crippen LogP contribution in [0.1, 0.15) is 57.4 Å². The summed E-state index contributed by atoms with van der Waals surface area (Å²) in [5, 5.41) is 11.5. The van der Waals surface area contributed by atoms with Gasteiger partial charge in [0.1, 0.15) is 6.10 Å². The molecule has 0 unspecified atom stereocenters. The SMILES string of the molecule is Cc1ccc(CCNC(=O)C2CCN(C(=O)c3nnn4c3CO[C@H](c3ccc(C)cc3)C4)CC2)cc1. The average Bonchev–Trinajstić information content (AvgIpc) is 3.33. The van der Waals surface area contributed by atoms with Gasteiger partial charge < -0.3 is 15.0 Å². The Bertz CT molecular complexity index is 1210. The highest BCUT2D eigenvalue weighted by Crippen LogP contribution is 2.28. The Hall–Kier alpha value is -3.52. The fourth-order valence-corrected chi connectivity index (χ4v) is 4.88. The molecule has 8 nitrogen and oxygen atoms in total. The molecule has 1 atom stereocenters. The largest absolute Gasteiger partial charge is 0.365 e. The fourth-order valence-electron chi connectivity index (χ4n) is 4.88. The zero-order chi connectivity index (χ0) is 25.1. The molecular weight excluding hydrogens is 454 g/mol. The standard InChI is InChI=1S/C28H33N5O3/c1-19-3-7-21(8-4-19)11-14-29-27(34)23-12-15-32(16-13-23)28(35)26-24-18-36-25(17-33(24)31-30-26)22-9-5-20(2)6-10-22/h3-10,23,25H,11-18H2,1-2H3,(H,29,34)/t25-/m0/s1. The van der Waals surface area contributed by atoms with Crippen LogP contribution in [0.25, 0.3) is 0 Å². The maximum Gasteiger partial charge on any atom is 0.276 e. The lowest BCUT2D eigenvalue weighted by Gasteiger charge is -2.31. The Morgan fingerprint density at radius 2 is 1.67 bits per heavy atom. The summed E-state index contributed by atoms with van der Waals surface area (Å²) >= 11 is 0. The molecule has 8 heteroatoms. The monoisotopic (exact) mass is 487 g/mol. The van der Waals surface area contributed by atoms with Crippen molar-refractivity contribution in [2.24, 2.45) is 5.92 Å². The molecule has 1 N–H and O–H groups in total. The second-order valence-corrected chi connectivity index (χ2v) is 9.87. The van der Waals surface area contributed by atoms with Gasteiger partial charge in [-0.3, -0.25) is 9.59 Å². The van der Waals surface area contributed by atoms with E-state index in [9.17, 15) is 9.59 Å². The second kappa shape index (κ2) is 10.6. The van der Waals surface area contributed by atoms with Crippen LogP contribution in [0.2, 0.25) is 0 Å². The summed E-state index contributed by atoms with van der Waals surface area (Å²) in [5.74, 6) is -0.127. The molecule has 0 spiro atoms. The third kappa shape index (κ3) is 5.33. The van der Waals surface area contributed by atoms with Crippen LogP contribution in [0, 0.1) is 19.8 Å². The minimum Gasteiger partial charge on any atom is -0.365 e. The van der Waals surface area contributed by atoms with Crippen molar-refractivity contribution in [1.82, 2.24) is 25.2 Å². The van der Waals surface area contributed by atoms with Crippen LogP contribution >= 0.6 is 0 Å². The molecule has 2 amide bonds. The summed E-state index contributed by atoms with van der Waals surface area (Å²) in [6, 6.07) is 16.6. The lowest BCUT2D eigenvalue weighted by atomic mass is 9.95. The van der Waals surface area contributed by atoms with E-state index < -0.39 is 0 Å². The Labute approximate surface area is 211 Å². The smallest absolute Gasteiger partial charge is 0.276 e. The van der Waals surface area contributed by atoms with Gasteiger partial charge in [0.25, 0.3) is 5.91 Å². The van der Waals surface area contributed by atoms with Crippen molar-refractivity contribution >= 4 is 11.8 Å². The summed E-state index contributed by atoms with van der Waals surface area (Å²) in [6.07, 6.45) is 2.01. The number of carbonyl (C=O) groups is 2. The summed E-state index contributed by atoms with van der Waals surface area (Å²) in [5.41, 5.74) is 5.82. The predicted octanol–water partition coefficient (Wildman–Crippen LogP) is 3.38. The molecule has 3 aromatic rings. The first kappa shape index (κ1) is 24.2. The number of aromatic nitrogens is 3. The first-order chi connectivity index (χ1) is 17.5. The first-order valence-corrected chi connectivity index (χ1v) is 12.7. The number of nitrogens with zero attached hydrogens (tertiary/aromatic N) is 4. The first-order valence-electron chi connectivity index (χ1n) is 12.7. The number of piperidine rings is 1. The fraction of sp³-hybridized carbons (Fsp3) is 0.429. The Morgan fingerprint density at radius 3 is 2.36 bits per heavy atom. The Balaban J connectivity index is 1.12. The summed E-state index contributed by atoms with van der Waals surface area (Å²) in [6.45, 7) is 6.65. The van der Waals surface area contributed by atoms with Crippen LogP contribution in [0.4, 0.5) is 0 Å². The lowest BCUT2D eigenvalue weighted by Crippen LogP contribution is -2.43. The number of nitrogens with one attached hydrogen (secondary N) is 1. The zero-order valence-corrected chi connectivity index (χ0v) is 20.9. The highest BCUT2D eigenvalue weighted by molar-refractivity contribution is 5.93. The van der Waals surface area contributed by atoms with E-state index in [1.807, 2.05) is 0 Å². The van der Waals surface area contributed by atoms with E-state index in [1.54, 1.807) is 9.58 Å². The van der Waals surface area contributed by atoms with E-state index in [2.05, 4.69) is 78.0 Å². The van der Waals surface area contributed by atoms with Gasteiger partial charge in [-0.25, -0.2) is 4.68 Å². The molecule has 2 aromatic carbocycles.